The summed E-state index contributed by atoms with van der Waals surface area (Å²) in [7, 11) is 0. The van der Waals surface area contributed by atoms with Gasteiger partial charge in [0.05, 0.1) is 0 Å². The average Bonchev–Trinajstić information content (AvgIpc) is 2.52. The first-order valence-electron chi connectivity index (χ1n) is 3.92. The van der Waals surface area contributed by atoms with Crippen LogP contribution in [0, 0.1) is 0 Å². The fraction of sp³-hybridized carbons (Fsp3) is 0.714. The second-order valence-electron chi connectivity index (χ2n) is 2.88. The van der Waals surface area contributed by atoms with Gasteiger partial charge in [0, 0.05) is 13.1 Å². The second kappa shape index (κ2) is 3.20. The van der Waals surface area contributed by atoms with Crippen LogP contribution in [0.5, 0.6) is 0 Å². The summed E-state index contributed by atoms with van der Waals surface area (Å²) >= 11 is 0. The molecule has 0 amide bonds. The molecule has 1 heterocycles. The predicted octanol–water partition coefficient (Wildman–Crippen LogP) is -0.536. The van der Waals surface area contributed by atoms with E-state index in [2.05, 4.69) is 10.1 Å². The number of rotatable bonds is 3. The molecule has 0 fully saturated rings. The highest BCUT2D eigenvalue weighted by Gasteiger charge is 2.26. The molecular weight excluding hydrogens is 156 g/mol. The quantitative estimate of drug-likeness (QED) is 0.639. The van der Waals surface area contributed by atoms with Crippen LogP contribution in [0.4, 0.5) is 0 Å². The third-order valence-corrected chi connectivity index (χ3v) is 1.79. The monoisotopic (exact) mass is 170 g/mol. The van der Waals surface area contributed by atoms with Crippen molar-refractivity contribution in [2.75, 3.05) is 6.54 Å². The molecule has 0 aromatic carbocycles. The summed E-state index contributed by atoms with van der Waals surface area (Å²) in [6.07, 6.45) is 1.42. The van der Waals surface area contributed by atoms with E-state index in [9.17, 15) is 5.11 Å². The lowest BCUT2D eigenvalue weighted by molar-refractivity contribution is 0.0524. The van der Waals surface area contributed by atoms with Gasteiger partial charge in [0.1, 0.15) is 11.9 Å². The van der Waals surface area contributed by atoms with E-state index in [1.54, 1.807) is 11.6 Å². The SMILES string of the molecule is CCn1ncnc1C(C)(O)CN. The molecule has 1 unspecified atom stereocenters. The molecule has 1 aromatic heterocycles. The third-order valence-electron chi connectivity index (χ3n) is 1.79. The standard InChI is InChI=1S/C7H14N4O/c1-3-11-6(9-5-10-11)7(2,12)4-8/h5,12H,3-4,8H2,1-2H3. The maximum atomic E-state index is 9.75. The Morgan fingerprint density at radius 1 is 1.75 bits per heavy atom. The van der Waals surface area contributed by atoms with Crippen molar-refractivity contribution in [3.05, 3.63) is 12.2 Å². The van der Waals surface area contributed by atoms with Crippen molar-refractivity contribution >= 4 is 0 Å². The number of nitrogens with zero attached hydrogens (tertiary/aromatic N) is 3. The number of hydrogen-bond acceptors (Lipinski definition) is 4. The zero-order valence-electron chi connectivity index (χ0n) is 7.36. The summed E-state index contributed by atoms with van der Waals surface area (Å²) in [6, 6.07) is 0. The minimum atomic E-state index is -1.08. The van der Waals surface area contributed by atoms with Crippen molar-refractivity contribution in [2.45, 2.75) is 26.0 Å². The van der Waals surface area contributed by atoms with Gasteiger partial charge in [-0.1, -0.05) is 0 Å². The van der Waals surface area contributed by atoms with Gasteiger partial charge in [0.15, 0.2) is 5.82 Å². The lowest BCUT2D eigenvalue weighted by atomic mass is 10.1. The molecule has 1 rings (SSSR count). The fourth-order valence-corrected chi connectivity index (χ4v) is 1.00. The molecule has 1 aromatic rings. The van der Waals surface area contributed by atoms with Crippen LogP contribution in [0.25, 0.3) is 0 Å². The molecule has 0 saturated carbocycles. The molecular formula is C7H14N4O. The summed E-state index contributed by atoms with van der Waals surface area (Å²) in [5.74, 6) is 0.521. The summed E-state index contributed by atoms with van der Waals surface area (Å²) in [6.45, 7) is 4.39. The number of hydrogen-bond donors (Lipinski definition) is 2. The minimum absolute atomic E-state index is 0.145. The van der Waals surface area contributed by atoms with E-state index < -0.39 is 5.60 Å². The minimum Gasteiger partial charge on any atom is -0.381 e. The van der Waals surface area contributed by atoms with E-state index in [4.69, 9.17) is 5.73 Å². The highest BCUT2D eigenvalue weighted by atomic mass is 16.3. The van der Waals surface area contributed by atoms with Gasteiger partial charge in [0.25, 0.3) is 0 Å². The molecule has 0 aliphatic rings. The van der Waals surface area contributed by atoms with Gasteiger partial charge in [-0.25, -0.2) is 9.67 Å². The molecule has 68 valence electrons. The number of aryl methyl sites for hydroxylation is 1. The van der Waals surface area contributed by atoms with Crippen LogP contribution in [0.3, 0.4) is 0 Å². The number of aromatic nitrogens is 3. The molecule has 5 heteroatoms. The first-order valence-corrected chi connectivity index (χ1v) is 3.92. The second-order valence-corrected chi connectivity index (χ2v) is 2.88. The van der Waals surface area contributed by atoms with Gasteiger partial charge in [-0.2, -0.15) is 5.10 Å². The Morgan fingerprint density at radius 3 is 2.92 bits per heavy atom. The van der Waals surface area contributed by atoms with E-state index in [1.807, 2.05) is 6.92 Å². The lowest BCUT2D eigenvalue weighted by Crippen LogP contribution is -2.34. The van der Waals surface area contributed by atoms with Gasteiger partial charge in [0.2, 0.25) is 0 Å². The zero-order valence-corrected chi connectivity index (χ0v) is 7.36. The van der Waals surface area contributed by atoms with Crippen LogP contribution in [0.2, 0.25) is 0 Å². The first kappa shape index (κ1) is 9.15. The molecule has 1 atom stereocenters. The highest BCUT2D eigenvalue weighted by molar-refractivity contribution is 4.99. The van der Waals surface area contributed by atoms with Crippen LogP contribution >= 0.6 is 0 Å². The molecule has 3 N–H and O–H groups in total. The van der Waals surface area contributed by atoms with Gasteiger partial charge in [-0.15, -0.1) is 0 Å². The summed E-state index contributed by atoms with van der Waals surface area (Å²) in [5, 5.41) is 13.7. The van der Waals surface area contributed by atoms with Crippen LogP contribution in [0.15, 0.2) is 6.33 Å². The first-order chi connectivity index (χ1) is 5.61. The van der Waals surface area contributed by atoms with Gasteiger partial charge < -0.3 is 10.8 Å². The van der Waals surface area contributed by atoms with Gasteiger partial charge >= 0.3 is 0 Å². The van der Waals surface area contributed by atoms with Crippen molar-refractivity contribution < 1.29 is 5.11 Å². The Balaban J connectivity index is 3.00. The van der Waals surface area contributed by atoms with Crippen molar-refractivity contribution in [1.82, 2.24) is 14.8 Å². The normalized spacial score (nSPS) is 16.0. The Kier molecular flexibility index (Phi) is 2.44. The van der Waals surface area contributed by atoms with Crippen LogP contribution in [0.1, 0.15) is 19.7 Å². The molecule has 5 nitrogen and oxygen atoms in total. The topological polar surface area (TPSA) is 77.0 Å². The average molecular weight is 170 g/mol. The Morgan fingerprint density at radius 2 is 2.42 bits per heavy atom. The van der Waals surface area contributed by atoms with Gasteiger partial charge in [-0.3, -0.25) is 0 Å². The molecule has 0 spiro atoms. The van der Waals surface area contributed by atoms with Crippen molar-refractivity contribution in [3.63, 3.8) is 0 Å². The zero-order chi connectivity index (χ0) is 9.19. The van der Waals surface area contributed by atoms with Crippen LogP contribution in [-0.2, 0) is 12.1 Å². The van der Waals surface area contributed by atoms with Crippen molar-refractivity contribution in [3.8, 4) is 0 Å². The van der Waals surface area contributed by atoms with E-state index in [-0.39, 0.29) is 6.54 Å². The maximum Gasteiger partial charge on any atom is 0.159 e. The van der Waals surface area contributed by atoms with Gasteiger partial charge in [-0.05, 0) is 13.8 Å². The predicted molar refractivity (Wildman–Crippen MR) is 44.3 cm³/mol. The van der Waals surface area contributed by atoms with Crippen LogP contribution in [-0.4, -0.2) is 26.4 Å². The Bertz CT molecular complexity index is 256. The molecule has 12 heavy (non-hydrogen) atoms. The fourth-order valence-electron chi connectivity index (χ4n) is 1.00. The van der Waals surface area contributed by atoms with E-state index >= 15 is 0 Å². The summed E-state index contributed by atoms with van der Waals surface area (Å²) in [5.41, 5.74) is 4.31. The largest absolute Gasteiger partial charge is 0.381 e. The van der Waals surface area contributed by atoms with Crippen LogP contribution < -0.4 is 5.73 Å². The highest BCUT2D eigenvalue weighted by Crippen LogP contribution is 2.15. The third kappa shape index (κ3) is 1.46. The number of nitrogens with two attached hydrogens (primary N) is 1. The van der Waals surface area contributed by atoms with Crippen molar-refractivity contribution in [2.24, 2.45) is 5.73 Å². The molecule has 0 aliphatic heterocycles. The summed E-state index contributed by atoms with van der Waals surface area (Å²) in [4.78, 5) is 3.95. The van der Waals surface area contributed by atoms with E-state index in [0.717, 1.165) is 0 Å². The maximum absolute atomic E-state index is 9.75. The summed E-state index contributed by atoms with van der Waals surface area (Å²) < 4.78 is 1.63. The molecule has 0 bridgehead atoms. The Labute approximate surface area is 71.2 Å². The lowest BCUT2D eigenvalue weighted by Gasteiger charge is -2.19. The molecule has 0 aliphatic carbocycles. The van der Waals surface area contributed by atoms with E-state index in [0.29, 0.717) is 12.4 Å². The Hall–Kier alpha value is -0.940. The number of aliphatic hydroxyl groups is 1. The van der Waals surface area contributed by atoms with Crippen molar-refractivity contribution in [1.29, 1.82) is 0 Å². The smallest absolute Gasteiger partial charge is 0.159 e. The van der Waals surface area contributed by atoms with E-state index in [1.165, 1.54) is 6.33 Å². The molecule has 0 saturated heterocycles. The molecule has 0 radical (unpaired) electrons.